The number of carbonyl (C=O) groups is 3. The largest absolute Gasteiger partial charge is 0.462 e. The molecule has 0 aliphatic rings. The van der Waals surface area contributed by atoms with Crippen LogP contribution in [0.2, 0.25) is 0 Å². The zero-order valence-electron chi connectivity index (χ0n) is 49.9. The number of esters is 3. The molecule has 0 aliphatic carbocycles. The summed E-state index contributed by atoms with van der Waals surface area (Å²) >= 11 is 0. The molecule has 0 radical (unpaired) electrons. The highest BCUT2D eigenvalue weighted by Crippen LogP contribution is 2.15. The average molecular weight is 1070 g/mol. The molecule has 0 spiro atoms. The van der Waals surface area contributed by atoms with Gasteiger partial charge in [0.25, 0.3) is 0 Å². The van der Waals surface area contributed by atoms with Gasteiger partial charge in [-0.1, -0.05) is 257 Å². The van der Waals surface area contributed by atoms with E-state index in [-0.39, 0.29) is 37.5 Å². The fraction of sp³-hybridized carbons (Fsp3) is 0.648. The van der Waals surface area contributed by atoms with Gasteiger partial charge in [0, 0.05) is 19.3 Å². The Morgan fingerprint density at radius 1 is 0.273 bits per heavy atom. The Hall–Kier alpha value is -4.45. The molecule has 0 N–H and O–H groups in total. The lowest BCUT2D eigenvalue weighted by atomic mass is 10.1. The molecule has 0 rings (SSSR count). The molecule has 436 valence electrons. The molecular formula is C71H116O6. The summed E-state index contributed by atoms with van der Waals surface area (Å²) in [5, 5.41) is 0. The summed E-state index contributed by atoms with van der Waals surface area (Å²) in [6.07, 6.45) is 90.2. The van der Waals surface area contributed by atoms with Crippen LogP contribution in [-0.4, -0.2) is 37.2 Å². The number of allylic oxidation sites excluding steroid dienone is 22. The van der Waals surface area contributed by atoms with E-state index in [1.54, 1.807) is 0 Å². The quantitative estimate of drug-likeness (QED) is 0.0261. The Morgan fingerprint density at radius 3 is 0.792 bits per heavy atom. The van der Waals surface area contributed by atoms with Gasteiger partial charge >= 0.3 is 17.9 Å². The third-order valence-electron chi connectivity index (χ3n) is 13.1. The van der Waals surface area contributed by atoms with Gasteiger partial charge in [-0.2, -0.15) is 0 Å². The molecule has 0 saturated heterocycles. The topological polar surface area (TPSA) is 78.9 Å². The zero-order chi connectivity index (χ0) is 55.7. The number of hydrogen-bond acceptors (Lipinski definition) is 6. The van der Waals surface area contributed by atoms with Crippen molar-refractivity contribution < 1.29 is 28.6 Å². The number of hydrogen-bond donors (Lipinski definition) is 0. The van der Waals surface area contributed by atoms with Crippen LogP contribution < -0.4 is 0 Å². The molecule has 0 aromatic rings. The second kappa shape index (κ2) is 64.1. The minimum Gasteiger partial charge on any atom is -0.462 e. The predicted molar refractivity (Wildman–Crippen MR) is 334 cm³/mol. The maximum atomic E-state index is 12.9. The van der Waals surface area contributed by atoms with E-state index >= 15 is 0 Å². The number of carbonyl (C=O) groups excluding carboxylic acids is 3. The molecule has 6 nitrogen and oxygen atoms in total. The minimum absolute atomic E-state index is 0.102. The molecule has 0 aromatic heterocycles. The van der Waals surface area contributed by atoms with Crippen LogP contribution in [0.5, 0.6) is 0 Å². The molecule has 0 saturated carbocycles. The number of unbranched alkanes of at least 4 members (excludes halogenated alkanes) is 23. The van der Waals surface area contributed by atoms with Crippen molar-refractivity contribution in [2.75, 3.05) is 13.2 Å². The third kappa shape index (κ3) is 62.3. The summed E-state index contributed by atoms with van der Waals surface area (Å²) in [7, 11) is 0. The first-order chi connectivity index (χ1) is 38.0. The summed E-state index contributed by atoms with van der Waals surface area (Å²) in [4.78, 5) is 38.3. The van der Waals surface area contributed by atoms with Gasteiger partial charge in [0.15, 0.2) is 6.10 Å². The van der Waals surface area contributed by atoms with Crippen LogP contribution in [0.3, 0.4) is 0 Å². The van der Waals surface area contributed by atoms with E-state index in [1.807, 2.05) is 0 Å². The van der Waals surface area contributed by atoms with Crippen LogP contribution >= 0.6 is 0 Å². The average Bonchev–Trinajstić information content (AvgIpc) is 3.43. The van der Waals surface area contributed by atoms with Crippen LogP contribution in [0.1, 0.15) is 278 Å². The molecule has 0 fully saturated rings. The maximum absolute atomic E-state index is 12.9. The Bertz CT molecular complexity index is 1650. The summed E-state index contributed by atoms with van der Waals surface area (Å²) in [5.74, 6) is -0.953. The van der Waals surface area contributed by atoms with Gasteiger partial charge in [-0.3, -0.25) is 14.4 Å². The van der Waals surface area contributed by atoms with Crippen molar-refractivity contribution in [2.45, 2.75) is 284 Å². The van der Waals surface area contributed by atoms with Crippen LogP contribution in [-0.2, 0) is 28.6 Å². The predicted octanol–water partition coefficient (Wildman–Crippen LogP) is 21.8. The van der Waals surface area contributed by atoms with Crippen molar-refractivity contribution in [3.05, 3.63) is 134 Å². The molecule has 1 atom stereocenters. The Balaban J connectivity index is 4.43. The SMILES string of the molecule is CC/C=C\C/C=C\C/C=C\C/C=C\CCCCCCC(=O)OCC(COC(=O)CCCCCCCCCCCC/C=C\C/C=C\C/C=C\CCCCCCC)OC(=O)CCCCCC/C=C\C/C=C\C/C=C\C/C=C\CC. The molecule has 1 unspecified atom stereocenters. The van der Waals surface area contributed by atoms with E-state index in [1.165, 1.54) is 89.9 Å². The van der Waals surface area contributed by atoms with E-state index in [0.29, 0.717) is 12.8 Å². The van der Waals surface area contributed by atoms with Gasteiger partial charge in [-0.15, -0.1) is 0 Å². The van der Waals surface area contributed by atoms with Gasteiger partial charge in [0.05, 0.1) is 0 Å². The van der Waals surface area contributed by atoms with E-state index in [0.717, 1.165) is 148 Å². The Kier molecular flexibility index (Phi) is 60.4. The molecule has 0 heterocycles. The van der Waals surface area contributed by atoms with Gasteiger partial charge in [-0.25, -0.2) is 0 Å². The number of rotatable bonds is 56. The normalized spacial score (nSPS) is 13.0. The van der Waals surface area contributed by atoms with Gasteiger partial charge in [0.1, 0.15) is 13.2 Å². The zero-order valence-corrected chi connectivity index (χ0v) is 49.9. The van der Waals surface area contributed by atoms with Crippen molar-refractivity contribution in [1.29, 1.82) is 0 Å². The van der Waals surface area contributed by atoms with Crippen LogP contribution in [0.4, 0.5) is 0 Å². The van der Waals surface area contributed by atoms with Crippen LogP contribution in [0.25, 0.3) is 0 Å². The highest BCUT2D eigenvalue weighted by molar-refractivity contribution is 5.71. The molecule has 0 aromatic carbocycles. The number of ether oxygens (including phenoxy) is 3. The van der Waals surface area contributed by atoms with Crippen molar-refractivity contribution in [1.82, 2.24) is 0 Å². The highest BCUT2D eigenvalue weighted by Gasteiger charge is 2.19. The van der Waals surface area contributed by atoms with Crippen LogP contribution in [0, 0.1) is 0 Å². The molecule has 77 heavy (non-hydrogen) atoms. The first kappa shape index (κ1) is 72.5. The molecular weight excluding hydrogens is 949 g/mol. The molecule has 0 aliphatic heterocycles. The van der Waals surface area contributed by atoms with Gasteiger partial charge in [0.2, 0.25) is 0 Å². The van der Waals surface area contributed by atoms with E-state index in [2.05, 4.69) is 154 Å². The first-order valence-corrected chi connectivity index (χ1v) is 31.7. The summed E-state index contributed by atoms with van der Waals surface area (Å²) in [6, 6.07) is 0. The standard InChI is InChI=1S/C71H116O6/c1-4-7-10-13-16-19-22-25-28-31-32-33-34-35-36-37-38-41-43-46-49-52-55-58-61-64-70(73)76-67-68(77-71(74)65-62-59-56-53-50-47-44-40-30-27-24-21-18-15-12-9-6-3)66-75-69(72)63-60-57-54-51-48-45-42-39-29-26-23-20-17-14-11-8-5-2/h8-9,11-12,17-18,20-22,25-27,29-32,34-35,42,44-45,47,68H,4-7,10,13-16,19,23-24,28,33,36-41,43,46,48-67H2,1-3H3/b11-8-,12-9-,20-17-,21-18-,25-22-,29-26-,30-27-,32-31-,35-34-,45-42-,47-44-. The van der Waals surface area contributed by atoms with Crippen molar-refractivity contribution >= 4 is 17.9 Å². The Labute approximate surface area is 475 Å². The smallest absolute Gasteiger partial charge is 0.306 e. The van der Waals surface area contributed by atoms with Crippen molar-refractivity contribution in [2.24, 2.45) is 0 Å². The lowest BCUT2D eigenvalue weighted by Crippen LogP contribution is -2.30. The summed E-state index contributed by atoms with van der Waals surface area (Å²) in [5.41, 5.74) is 0. The van der Waals surface area contributed by atoms with Gasteiger partial charge in [-0.05, 0) is 135 Å². The minimum atomic E-state index is -0.810. The van der Waals surface area contributed by atoms with Crippen molar-refractivity contribution in [3.8, 4) is 0 Å². The molecule has 0 amide bonds. The third-order valence-corrected chi connectivity index (χ3v) is 13.1. The van der Waals surface area contributed by atoms with Gasteiger partial charge < -0.3 is 14.2 Å². The van der Waals surface area contributed by atoms with Crippen LogP contribution in [0.15, 0.2) is 134 Å². The Morgan fingerprint density at radius 2 is 0.506 bits per heavy atom. The fourth-order valence-electron chi connectivity index (χ4n) is 8.43. The van der Waals surface area contributed by atoms with E-state index in [4.69, 9.17) is 14.2 Å². The van der Waals surface area contributed by atoms with Crippen molar-refractivity contribution in [3.63, 3.8) is 0 Å². The highest BCUT2D eigenvalue weighted by atomic mass is 16.6. The molecule has 6 heteroatoms. The summed E-state index contributed by atoms with van der Waals surface area (Å²) < 4.78 is 16.9. The van der Waals surface area contributed by atoms with E-state index < -0.39 is 6.10 Å². The second-order valence-corrected chi connectivity index (χ2v) is 20.5. The molecule has 0 bridgehead atoms. The first-order valence-electron chi connectivity index (χ1n) is 31.7. The fourth-order valence-corrected chi connectivity index (χ4v) is 8.43. The monoisotopic (exact) mass is 1060 g/mol. The lowest BCUT2D eigenvalue weighted by molar-refractivity contribution is -0.167. The van der Waals surface area contributed by atoms with E-state index in [9.17, 15) is 14.4 Å². The summed E-state index contributed by atoms with van der Waals surface area (Å²) in [6.45, 7) is 6.36. The maximum Gasteiger partial charge on any atom is 0.306 e. The lowest BCUT2D eigenvalue weighted by Gasteiger charge is -2.18. The second-order valence-electron chi connectivity index (χ2n) is 20.5.